The van der Waals surface area contributed by atoms with E-state index in [0.717, 1.165) is 17.1 Å². The number of hydrogen-bond donors (Lipinski definition) is 1. The summed E-state index contributed by atoms with van der Waals surface area (Å²) in [6.45, 7) is 4.48. The van der Waals surface area contributed by atoms with Crippen LogP contribution in [0.3, 0.4) is 0 Å². The summed E-state index contributed by atoms with van der Waals surface area (Å²) in [4.78, 5) is 25.3. The molecule has 0 aliphatic rings. The van der Waals surface area contributed by atoms with Crippen molar-refractivity contribution in [2.45, 2.75) is 26.7 Å². The number of ether oxygens (including phenoxy) is 1. The number of hydrogen-bond acceptors (Lipinski definition) is 5. The van der Waals surface area contributed by atoms with Gasteiger partial charge in [0.2, 0.25) is 11.6 Å². The summed E-state index contributed by atoms with van der Waals surface area (Å²) in [5.74, 6) is 1.37. The molecule has 0 fully saturated rings. The van der Waals surface area contributed by atoms with Crippen LogP contribution in [0.4, 0.5) is 5.69 Å². The first-order valence-corrected chi connectivity index (χ1v) is 10.6. The van der Waals surface area contributed by atoms with Gasteiger partial charge in [-0.2, -0.15) is 0 Å². The Labute approximate surface area is 185 Å². The maximum atomic E-state index is 13.0. The zero-order valence-electron chi connectivity index (χ0n) is 18.1. The van der Waals surface area contributed by atoms with Gasteiger partial charge in [-0.25, -0.2) is 0 Å². The predicted molar refractivity (Wildman–Crippen MR) is 122 cm³/mol. The Bertz CT molecular complexity index is 1260. The molecule has 8 heteroatoms. The van der Waals surface area contributed by atoms with E-state index >= 15 is 0 Å². The number of carbonyl (C=O) groups excluding carboxylic acids is 1. The average Bonchev–Trinajstić information content (AvgIpc) is 3.19. The molecule has 1 N–H and O–H groups in total. The van der Waals surface area contributed by atoms with Crippen LogP contribution in [-0.4, -0.2) is 31.7 Å². The average molecular weight is 431 g/mol. The van der Waals surface area contributed by atoms with Gasteiger partial charge in [0.05, 0.1) is 6.61 Å². The van der Waals surface area contributed by atoms with Gasteiger partial charge in [0.1, 0.15) is 11.6 Å². The highest BCUT2D eigenvalue weighted by molar-refractivity contribution is 5.90. The number of nitrogens with zero attached hydrogens (tertiary/aromatic N) is 4. The van der Waals surface area contributed by atoms with E-state index in [4.69, 9.17) is 4.74 Å². The standard InChI is InChI=1S/C24H25N5O3/c1-3-32-20-11-9-19(10-12-20)28-13-14-29-21(26-27-23(29)24(28)31)15-17(2)16-22(30)25-18-7-5-4-6-8-18/h4-14,17H,3,15-16H2,1-2H3,(H,25,30)/t17-/m0/s1. The first-order chi connectivity index (χ1) is 15.5. The van der Waals surface area contributed by atoms with Crippen molar-refractivity contribution in [3.8, 4) is 11.4 Å². The Morgan fingerprint density at radius 3 is 2.53 bits per heavy atom. The van der Waals surface area contributed by atoms with Crippen LogP contribution in [0.1, 0.15) is 26.1 Å². The van der Waals surface area contributed by atoms with Crippen LogP contribution in [-0.2, 0) is 11.2 Å². The minimum Gasteiger partial charge on any atom is -0.494 e. The third-order valence-corrected chi connectivity index (χ3v) is 5.09. The fraction of sp³-hybridized carbons (Fsp3) is 0.250. The quantitative estimate of drug-likeness (QED) is 0.461. The van der Waals surface area contributed by atoms with Gasteiger partial charge in [0.25, 0.3) is 0 Å². The number of fused-ring (bicyclic) bond motifs is 1. The van der Waals surface area contributed by atoms with Gasteiger partial charge in [0, 0.05) is 36.6 Å². The van der Waals surface area contributed by atoms with Crippen molar-refractivity contribution >= 4 is 17.2 Å². The minimum absolute atomic E-state index is 0.0275. The molecule has 1 amide bonds. The molecular weight excluding hydrogens is 406 g/mol. The molecule has 0 saturated carbocycles. The number of para-hydroxylation sites is 1. The Kier molecular flexibility index (Phi) is 6.30. The normalized spacial score (nSPS) is 11.9. The van der Waals surface area contributed by atoms with Crippen LogP contribution in [0, 0.1) is 5.92 Å². The van der Waals surface area contributed by atoms with Gasteiger partial charge in [-0.05, 0) is 49.2 Å². The number of anilines is 1. The lowest BCUT2D eigenvalue weighted by molar-refractivity contribution is -0.116. The molecular formula is C24H25N5O3. The molecule has 0 aliphatic heterocycles. The molecule has 4 aromatic rings. The maximum Gasteiger partial charge on any atom is 0.300 e. The van der Waals surface area contributed by atoms with E-state index in [1.807, 2.05) is 68.4 Å². The molecule has 2 heterocycles. The molecule has 0 bridgehead atoms. The summed E-state index contributed by atoms with van der Waals surface area (Å²) in [5.41, 5.74) is 1.48. The van der Waals surface area contributed by atoms with Crippen molar-refractivity contribution in [2.75, 3.05) is 11.9 Å². The summed E-state index contributed by atoms with van der Waals surface area (Å²) in [7, 11) is 0. The molecule has 0 spiro atoms. The SMILES string of the molecule is CCOc1ccc(-n2ccn3c(C[C@H](C)CC(=O)Nc4ccccc4)nnc3c2=O)cc1. The highest BCUT2D eigenvalue weighted by Gasteiger charge is 2.16. The van der Waals surface area contributed by atoms with Crippen molar-refractivity contribution in [2.24, 2.45) is 5.92 Å². The number of aromatic nitrogens is 4. The smallest absolute Gasteiger partial charge is 0.300 e. The van der Waals surface area contributed by atoms with Crippen molar-refractivity contribution in [1.82, 2.24) is 19.2 Å². The Hall–Kier alpha value is -3.94. The third-order valence-electron chi connectivity index (χ3n) is 5.09. The number of nitrogens with one attached hydrogen (secondary N) is 1. The van der Waals surface area contributed by atoms with Crippen LogP contribution in [0.15, 0.2) is 71.8 Å². The molecule has 32 heavy (non-hydrogen) atoms. The molecule has 0 unspecified atom stereocenters. The molecule has 2 aromatic carbocycles. The molecule has 0 saturated heterocycles. The zero-order chi connectivity index (χ0) is 22.5. The summed E-state index contributed by atoms with van der Waals surface area (Å²) in [6, 6.07) is 16.7. The van der Waals surface area contributed by atoms with Crippen LogP contribution in [0.2, 0.25) is 0 Å². The van der Waals surface area contributed by atoms with Gasteiger partial charge < -0.3 is 10.1 Å². The second-order valence-electron chi connectivity index (χ2n) is 7.64. The van der Waals surface area contributed by atoms with Crippen molar-refractivity contribution in [3.63, 3.8) is 0 Å². The monoisotopic (exact) mass is 431 g/mol. The number of benzene rings is 2. The minimum atomic E-state index is -0.259. The van der Waals surface area contributed by atoms with E-state index in [-0.39, 0.29) is 23.0 Å². The molecule has 0 radical (unpaired) electrons. The highest BCUT2D eigenvalue weighted by atomic mass is 16.5. The molecule has 0 aliphatic carbocycles. The fourth-order valence-corrected chi connectivity index (χ4v) is 3.58. The van der Waals surface area contributed by atoms with Gasteiger partial charge >= 0.3 is 5.56 Å². The lowest BCUT2D eigenvalue weighted by atomic mass is 10.0. The largest absolute Gasteiger partial charge is 0.494 e. The molecule has 164 valence electrons. The van der Waals surface area contributed by atoms with Crippen molar-refractivity contribution < 1.29 is 9.53 Å². The first kappa shape index (κ1) is 21.3. The van der Waals surface area contributed by atoms with Gasteiger partial charge in [0.15, 0.2) is 0 Å². The number of amides is 1. The van der Waals surface area contributed by atoms with E-state index in [0.29, 0.717) is 25.3 Å². The topological polar surface area (TPSA) is 90.5 Å². The van der Waals surface area contributed by atoms with Crippen LogP contribution in [0.5, 0.6) is 5.75 Å². The molecule has 8 nitrogen and oxygen atoms in total. The second kappa shape index (κ2) is 9.47. The molecule has 2 aromatic heterocycles. The van der Waals surface area contributed by atoms with Crippen molar-refractivity contribution in [1.29, 1.82) is 0 Å². The zero-order valence-corrected chi connectivity index (χ0v) is 18.1. The first-order valence-electron chi connectivity index (χ1n) is 10.6. The van der Waals surface area contributed by atoms with Gasteiger partial charge in [-0.1, -0.05) is 25.1 Å². The highest BCUT2D eigenvalue weighted by Crippen LogP contribution is 2.16. The lowest BCUT2D eigenvalue weighted by Crippen LogP contribution is -2.21. The summed E-state index contributed by atoms with van der Waals surface area (Å²) in [6.07, 6.45) is 4.34. The van der Waals surface area contributed by atoms with E-state index in [9.17, 15) is 9.59 Å². The second-order valence-corrected chi connectivity index (χ2v) is 7.64. The van der Waals surface area contributed by atoms with E-state index in [1.54, 1.807) is 16.8 Å². The lowest BCUT2D eigenvalue weighted by Gasteiger charge is -2.11. The maximum absolute atomic E-state index is 13.0. The van der Waals surface area contributed by atoms with E-state index in [2.05, 4.69) is 15.5 Å². The van der Waals surface area contributed by atoms with Crippen LogP contribution >= 0.6 is 0 Å². The number of rotatable bonds is 8. The summed E-state index contributed by atoms with van der Waals surface area (Å²) >= 11 is 0. The number of carbonyl (C=O) groups is 1. The summed E-state index contributed by atoms with van der Waals surface area (Å²) < 4.78 is 8.68. The Morgan fingerprint density at radius 1 is 1.06 bits per heavy atom. The van der Waals surface area contributed by atoms with E-state index in [1.165, 1.54) is 4.57 Å². The summed E-state index contributed by atoms with van der Waals surface area (Å²) in [5, 5.41) is 11.2. The fourth-order valence-electron chi connectivity index (χ4n) is 3.58. The predicted octanol–water partition coefficient (Wildman–Crippen LogP) is 3.49. The van der Waals surface area contributed by atoms with Crippen molar-refractivity contribution in [3.05, 3.63) is 83.2 Å². The van der Waals surface area contributed by atoms with Crippen LogP contribution in [0.25, 0.3) is 11.3 Å². The van der Waals surface area contributed by atoms with E-state index < -0.39 is 0 Å². The Morgan fingerprint density at radius 2 is 1.81 bits per heavy atom. The molecule has 1 atom stereocenters. The van der Waals surface area contributed by atoms with Crippen LogP contribution < -0.4 is 15.6 Å². The van der Waals surface area contributed by atoms with Gasteiger partial charge in [-0.15, -0.1) is 10.2 Å². The third kappa shape index (κ3) is 4.69. The Balaban J connectivity index is 1.48. The van der Waals surface area contributed by atoms with Gasteiger partial charge in [-0.3, -0.25) is 18.6 Å². The molecule has 4 rings (SSSR count).